The van der Waals surface area contributed by atoms with Crippen molar-refractivity contribution in [3.63, 3.8) is 0 Å². The van der Waals surface area contributed by atoms with Crippen LogP contribution in [0.15, 0.2) is 48.2 Å². The molecule has 1 saturated heterocycles. The van der Waals surface area contributed by atoms with Gasteiger partial charge in [0.15, 0.2) is 0 Å². The van der Waals surface area contributed by atoms with Crippen LogP contribution < -0.4 is 10.6 Å². The quantitative estimate of drug-likeness (QED) is 0.525. The lowest BCUT2D eigenvalue weighted by molar-refractivity contribution is -0.139. The van der Waals surface area contributed by atoms with Gasteiger partial charge in [-0.25, -0.2) is 9.59 Å². The molecule has 0 spiro atoms. The molecule has 0 aliphatic carbocycles. The van der Waals surface area contributed by atoms with Gasteiger partial charge in [0.2, 0.25) is 0 Å². The molecule has 2 aliphatic rings. The van der Waals surface area contributed by atoms with Crippen molar-refractivity contribution in [1.82, 2.24) is 20.4 Å². The smallest absolute Gasteiger partial charge is 0.338 e. The number of benzene rings is 1. The van der Waals surface area contributed by atoms with Gasteiger partial charge >= 0.3 is 12.0 Å². The molecule has 8 heteroatoms. The predicted octanol–water partition coefficient (Wildman–Crippen LogP) is 2.31. The lowest BCUT2D eigenvalue weighted by Gasteiger charge is -2.36. The Morgan fingerprint density at radius 2 is 1.97 bits per heavy atom. The number of urea groups is 1. The van der Waals surface area contributed by atoms with Gasteiger partial charge in [0.1, 0.15) is 0 Å². The third-order valence-corrected chi connectivity index (χ3v) is 5.44. The first kappa shape index (κ1) is 21.4. The van der Waals surface area contributed by atoms with E-state index < -0.39 is 12.0 Å². The number of esters is 1. The first-order chi connectivity index (χ1) is 14.0. The number of piperazine rings is 1. The number of amides is 2. The topological polar surface area (TPSA) is 73.9 Å². The molecular weight excluding hydrogens is 392 g/mol. The van der Waals surface area contributed by atoms with Crippen LogP contribution in [0, 0.1) is 0 Å². The van der Waals surface area contributed by atoms with Crippen molar-refractivity contribution in [3.8, 4) is 0 Å². The standard InChI is InChI=1S/C21H27ClN4O3/c1-3-9-25-10-12-26(13-11-25)14-17-18(20(27)29-4-2)19(24-21(28)23-17)15-7-5-6-8-16(15)22/h3,5-8,19H,1,4,9-14H2,2H3,(H2,23,24,28). The van der Waals surface area contributed by atoms with Crippen LogP contribution in [0.2, 0.25) is 5.02 Å². The van der Waals surface area contributed by atoms with E-state index in [9.17, 15) is 9.59 Å². The van der Waals surface area contributed by atoms with Crippen LogP contribution in [-0.2, 0) is 9.53 Å². The number of rotatable bonds is 7. The van der Waals surface area contributed by atoms with Gasteiger partial charge in [0.05, 0.1) is 18.2 Å². The first-order valence-corrected chi connectivity index (χ1v) is 10.2. The van der Waals surface area contributed by atoms with Gasteiger partial charge in [0, 0.05) is 50.0 Å². The molecular formula is C21H27ClN4O3. The van der Waals surface area contributed by atoms with E-state index in [-0.39, 0.29) is 12.6 Å². The summed E-state index contributed by atoms with van der Waals surface area (Å²) in [7, 11) is 0. The molecule has 0 radical (unpaired) electrons. The zero-order valence-corrected chi connectivity index (χ0v) is 17.4. The van der Waals surface area contributed by atoms with Crippen molar-refractivity contribution in [1.29, 1.82) is 0 Å². The Kier molecular flexibility index (Phi) is 7.30. The predicted molar refractivity (Wildman–Crippen MR) is 113 cm³/mol. The van der Waals surface area contributed by atoms with E-state index in [1.54, 1.807) is 13.0 Å². The molecule has 156 valence electrons. The fraction of sp³-hybridized carbons (Fsp3) is 0.429. The molecule has 7 nitrogen and oxygen atoms in total. The average Bonchev–Trinajstić information content (AvgIpc) is 2.70. The Bertz CT molecular complexity index is 803. The zero-order chi connectivity index (χ0) is 20.8. The van der Waals surface area contributed by atoms with Gasteiger partial charge in [0.25, 0.3) is 0 Å². The summed E-state index contributed by atoms with van der Waals surface area (Å²) in [6.45, 7) is 10.6. The molecule has 0 saturated carbocycles. The van der Waals surface area contributed by atoms with Crippen molar-refractivity contribution >= 4 is 23.6 Å². The molecule has 2 amide bonds. The summed E-state index contributed by atoms with van der Waals surface area (Å²) >= 11 is 6.37. The van der Waals surface area contributed by atoms with Gasteiger partial charge in [-0.15, -0.1) is 6.58 Å². The fourth-order valence-corrected chi connectivity index (χ4v) is 3.92. The van der Waals surface area contributed by atoms with E-state index in [1.807, 2.05) is 24.3 Å². The van der Waals surface area contributed by atoms with Gasteiger partial charge in [-0.2, -0.15) is 0 Å². The Morgan fingerprint density at radius 1 is 1.28 bits per heavy atom. The summed E-state index contributed by atoms with van der Waals surface area (Å²) in [6, 6.07) is 6.18. The number of hydrogen-bond donors (Lipinski definition) is 2. The summed E-state index contributed by atoms with van der Waals surface area (Å²) in [5.41, 5.74) is 1.63. The number of carbonyl (C=O) groups excluding carboxylic acids is 2. The van der Waals surface area contributed by atoms with Crippen molar-refractivity contribution in [3.05, 3.63) is 58.8 Å². The summed E-state index contributed by atoms with van der Waals surface area (Å²) in [6.07, 6.45) is 1.90. The molecule has 2 heterocycles. The highest BCUT2D eigenvalue weighted by Crippen LogP contribution is 2.32. The van der Waals surface area contributed by atoms with Gasteiger partial charge in [-0.3, -0.25) is 9.80 Å². The second-order valence-corrected chi connectivity index (χ2v) is 7.44. The minimum Gasteiger partial charge on any atom is -0.463 e. The average molecular weight is 419 g/mol. The number of hydrogen-bond acceptors (Lipinski definition) is 5. The molecule has 3 rings (SSSR count). The van der Waals surface area contributed by atoms with Crippen molar-refractivity contribution in [2.24, 2.45) is 0 Å². The largest absolute Gasteiger partial charge is 0.463 e. The van der Waals surface area contributed by atoms with Gasteiger partial charge in [-0.1, -0.05) is 35.9 Å². The molecule has 1 unspecified atom stereocenters. The third kappa shape index (κ3) is 5.18. The molecule has 0 bridgehead atoms. The minimum absolute atomic E-state index is 0.249. The number of halogens is 1. The minimum atomic E-state index is -0.659. The van der Waals surface area contributed by atoms with Crippen LogP contribution in [0.3, 0.4) is 0 Å². The number of nitrogens with one attached hydrogen (secondary N) is 2. The van der Waals surface area contributed by atoms with E-state index in [0.717, 1.165) is 32.7 Å². The lowest BCUT2D eigenvalue weighted by atomic mass is 9.95. The van der Waals surface area contributed by atoms with Crippen LogP contribution in [0.1, 0.15) is 18.5 Å². The Morgan fingerprint density at radius 3 is 2.62 bits per heavy atom. The molecule has 29 heavy (non-hydrogen) atoms. The van der Waals surface area contributed by atoms with Crippen LogP contribution in [0.4, 0.5) is 4.79 Å². The van der Waals surface area contributed by atoms with E-state index in [0.29, 0.717) is 28.4 Å². The van der Waals surface area contributed by atoms with Crippen LogP contribution in [0.5, 0.6) is 0 Å². The number of carbonyl (C=O) groups is 2. The molecule has 0 aromatic heterocycles. The normalized spacial score (nSPS) is 20.8. The van der Waals surface area contributed by atoms with Crippen molar-refractivity contribution in [2.45, 2.75) is 13.0 Å². The molecule has 1 aromatic rings. The highest BCUT2D eigenvalue weighted by molar-refractivity contribution is 6.31. The second-order valence-electron chi connectivity index (χ2n) is 7.03. The Labute approximate surface area is 176 Å². The van der Waals surface area contributed by atoms with E-state index in [2.05, 4.69) is 27.0 Å². The van der Waals surface area contributed by atoms with Gasteiger partial charge in [-0.05, 0) is 18.6 Å². The van der Waals surface area contributed by atoms with Crippen molar-refractivity contribution < 1.29 is 14.3 Å². The van der Waals surface area contributed by atoms with Crippen molar-refractivity contribution in [2.75, 3.05) is 45.9 Å². The SMILES string of the molecule is C=CCN1CCN(CC2=C(C(=O)OCC)C(c3ccccc3Cl)NC(=O)N2)CC1. The van der Waals surface area contributed by atoms with Crippen LogP contribution >= 0.6 is 11.6 Å². The molecule has 1 fully saturated rings. The monoisotopic (exact) mass is 418 g/mol. The lowest BCUT2D eigenvalue weighted by Crippen LogP contribution is -2.51. The maximum absolute atomic E-state index is 12.8. The Balaban J connectivity index is 1.90. The summed E-state index contributed by atoms with van der Waals surface area (Å²) in [5.74, 6) is -0.454. The number of ether oxygens (including phenoxy) is 1. The molecule has 2 N–H and O–H groups in total. The highest BCUT2D eigenvalue weighted by atomic mass is 35.5. The molecule has 2 aliphatic heterocycles. The summed E-state index contributed by atoms with van der Waals surface area (Å²) in [5, 5.41) is 6.13. The van der Waals surface area contributed by atoms with E-state index in [4.69, 9.17) is 16.3 Å². The van der Waals surface area contributed by atoms with Crippen LogP contribution in [-0.4, -0.2) is 67.7 Å². The zero-order valence-electron chi connectivity index (χ0n) is 16.6. The number of nitrogens with zero attached hydrogens (tertiary/aromatic N) is 2. The highest BCUT2D eigenvalue weighted by Gasteiger charge is 2.35. The summed E-state index contributed by atoms with van der Waals surface area (Å²) in [4.78, 5) is 29.8. The summed E-state index contributed by atoms with van der Waals surface area (Å²) < 4.78 is 5.31. The molecule has 1 aromatic carbocycles. The first-order valence-electron chi connectivity index (χ1n) is 9.81. The van der Waals surface area contributed by atoms with Crippen LogP contribution in [0.25, 0.3) is 0 Å². The third-order valence-electron chi connectivity index (χ3n) is 5.10. The second kappa shape index (κ2) is 9.91. The maximum Gasteiger partial charge on any atom is 0.338 e. The maximum atomic E-state index is 12.8. The fourth-order valence-electron chi connectivity index (χ4n) is 3.67. The van der Waals surface area contributed by atoms with E-state index in [1.165, 1.54) is 0 Å². The Hall–Kier alpha value is -2.35. The van der Waals surface area contributed by atoms with E-state index >= 15 is 0 Å². The molecule has 1 atom stereocenters. The van der Waals surface area contributed by atoms with Gasteiger partial charge < -0.3 is 15.4 Å².